The lowest BCUT2D eigenvalue weighted by molar-refractivity contribution is -0.154. The van der Waals surface area contributed by atoms with E-state index in [0.29, 0.717) is 5.92 Å². The second-order valence-corrected chi connectivity index (χ2v) is 6.90. The third-order valence-corrected chi connectivity index (χ3v) is 5.75. The van der Waals surface area contributed by atoms with E-state index < -0.39 is 11.4 Å². The Hall–Kier alpha value is -0.530. The summed E-state index contributed by atoms with van der Waals surface area (Å²) < 4.78 is 0. The number of hydrogen-bond donors (Lipinski definition) is 1. The minimum atomic E-state index is -0.546. The van der Waals surface area contributed by atoms with Crippen LogP contribution in [-0.2, 0) is 4.79 Å². The normalized spacial score (nSPS) is 31.0. The standard InChI is InChI=1S/C14H24O2/c1-12(2)10(13(12,3)4)14(11(15)16)8-6-5-7-9-14/h10H,5-9H2,1-4H3,(H,15,16). The molecule has 2 fully saturated rings. The van der Waals surface area contributed by atoms with E-state index in [1.54, 1.807) is 0 Å². The molecular weight excluding hydrogens is 200 g/mol. The number of carboxylic acid groups (broad SMARTS) is 1. The van der Waals surface area contributed by atoms with Gasteiger partial charge in [-0.15, -0.1) is 0 Å². The molecule has 0 aromatic carbocycles. The molecule has 92 valence electrons. The predicted molar refractivity (Wildman–Crippen MR) is 64.2 cm³/mol. The van der Waals surface area contributed by atoms with Crippen molar-refractivity contribution in [2.24, 2.45) is 22.2 Å². The quantitative estimate of drug-likeness (QED) is 0.776. The molecule has 2 nitrogen and oxygen atoms in total. The minimum Gasteiger partial charge on any atom is -0.481 e. The maximum Gasteiger partial charge on any atom is 0.309 e. The van der Waals surface area contributed by atoms with E-state index in [0.717, 1.165) is 25.7 Å². The summed E-state index contributed by atoms with van der Waals surface area (Å²) in [6, 6.07) is 0. The van der Waals surface area contributed by atoms with E-state index >= 15 is 0 Å². The van der Waals surface area contributed by atoms with E-state index in [1.165, 1.54) is 6.42 Å². The minimum absolute atomic E-state index is 0.183. The first-order valence-electron chi connectivity index (χ1n) is 6.50. The molecule has 0 bridgehead atoms. The lowest BCUT2D eigenvalue weighted by Crippen LogP contribution is -2.37. The Morgan fingerprint density at radius 2 is 1.44 bits per heavy atom. The summed E-state index contributed by atoms with van der Waals surface area (Å²) in [7, 11) is 0. The van der Waals surface area contributed by atoms with Crippen LogP contribution in [0.1, 0.15) is 59.8 Å². The van der Waals surface area contributed by atoms with Gasteiger partial charge in [-0.25, -0.2) is 0 Å². The Bertz CT molecular complexity index is 295. The van der Waals surface area contributed by atoms with Gasteiger partial charge in [0.1, 0.15) is 0 Å². The van der Waals surface area contributed by atoms with Gasteiger partial charge in [0.05, 0.1) is 5.41 Å². The zero-order chi connectivity index (χ0) is 12.2. The molecule has 0 spiro atoms. The maximum absolute atomic E-state index is 11.7. The van der Waals surface area contributed by atoms with Crippen LogP contribution in [0.4, 0.5) is 0 Å². The van der Waals surface area contributed by atoms with Crippen molar-refractivity contribution in [3.05, 3.63) is 0 Å². The fraction of sp³-hybridized carbons (Fsp3) is 0.929. The first-order chi connectivity index (χ1) is 7.27. The van der Waals surface area contributed by atoms with Gasteiger partial charge in [-0.2, -0.15) is 0 Å². The highest BCUT2D eigenvalue weighted by Crippen LogP contribution is 2.76. The first-order valence-corrected chi connectivity index (χ1v) is 6.50. The molecule has 2 heteroatoms. The van der Waals surface area contributed by atoms with Gasteiger partial charge >= 0.3 is 5.97 Å². The molecule has 2 saturated carbocycles. The third-order valence-electron chi connectivity index (χ3n) is 5.75. The smallest absolute Gasteiger partial charge is 0.309 e. The Morgan fingerprint density at radius 3 is 1.75 bits per heavy atom. The molecular formula is C14H24O2. The van der Waals surface area contributed by atoms with Crippen LogP contribution in [0, 0.1) is 22.2 Å². The number of carboxylic acids is 1. The molecule has 0 atom stereocenters. The largest absolute Gasteiger partial charge is 0.481 e. The lowest BCUT2D eigenvalue weighted by Gasteiger charge is -2.35. The fourth-order valence-electron chi connectivity index (χ4n) is 4.39. The van der Waals surface area contributed by atoms with Crippen molar-refractivity contribution in [1.29, 1.82) is 0 Å². The molecule has 16 heavy (non-hydrogen) atoms. The van der Waals surface area contributed by atoms with Crippen LogP contribution in [0.25, 0.3) is 0 Å². The predicted octanol–water partition coefficient (Wildman–Crippen LogP) is 3.70. The van der Waals surface area contributed by atoms with Crippen molar-refractivity contribution in [1.82, 2.24) is 0 Å². The molecule has 0 aromatic heterocycles. The number of aliphatic carboxylic acids is 1. The van der Waals surface area contributed by atoms with Crippen LogP contribution >= 0.6 is 0 Å². The van der Waals surface area contributed by atoms with Gasteiger partial charge in [-0.3, -0.25) is 4.79 Å². The van der Waals surface area contributed by atoms with Gasteiger partial charge in [0.25, 0.3) is 0 Å². The summed E-state index contributed by atoms with van der Waals surface area (Å²) in [6.45, 7) is 8.93. The van der Waals surface area contributed by atoms with E-state index in [4.69, 9.17) is 0 Å². The molecule has 2 aliphatic rings. The van der Waals surface area contributed by atoms with Gasteiger partial charge in [0, 0.05) is 0 Å². The SMILES string of the molecule is CC1(C)C(C2(C(=O)O)CCCCC2)C1(C)C. The molecule has 2 aliphatic carbocycles. The molecule has 0 radical (unpaired) electrons. The van der Waals surface area contributed by atoms with Crippen LogP contribution < -0.4 is 0 Å². The molecule has 0 aromatic rings. The molecule has 2 rings (SSSR count). The van der Waals surface area contributed by atoms with Crippen LogP contribution in [-0.4, -0.2) is 11.1 Å². The summed E-state index contributed by atoms with van der Waals surface area (Å²) >= 11 is 0. The molecule has 0 unspecified atom stereocenters. The molecule has 0 heterocycles. The van der Waals surface area contributed by atoms with E-state index in [2.05, 4.69) is 27.7 Å². The summed E-state index contributed by atoms with van der Waals surface area (Å²) in [5.41, 5.74) is -0.0588. The zero-order valence-corrected chi connectivity index (χ0v) is 11.0. The number of carbonyl (C=O) groups is 1. The monoisotopic (exact) mass is 224 g/mol. The maximum atomic E-state index is 11.7. The Morgan fingerprint density at radius 1 is 1.00 bits per heavy atom. The topological polar surface area (TPSA) is 37.3 Å². The van der Waals surface area contributed by atoms with Crippen molar-refractivity contribution in [2.75, 3.05) is 0 Å². The highest BCUT2D eigenvalue weighted by atomic mass is 16.4. The molecule has 0 aliphatic heterocycles. The summed E-state index contributed by atoms with van der Waals surface area (Å²) in [4.78, 5) is 11.7. The van der Waals surface area contributed by atoms with Crippen molar-refractivity contribution in [2.45, 2.75) is 59.8 Å². The van der Waals surface area contributed by atoms with Crippen LogP contribution in [0.2, 0.25) is 0 Å². The van der Waals surface area contributed by atoms with E-state index in [9.17, 15) is 9.90 Å². The lowest BCUT2D eigenvalue weighted by atomic mass is 9.68. The highest BCUT2D eigenvalue weighted by molar-refractivity contribution is 5.76. The summed E-state index contributed by atoms with van der Waals surface area (Å²) in [5.74, 6) is -0.193. The second kappa shape index (κ2) is 3.24. The van der Waals surface area contributed by atoms with Gasteiger partial charge in [0.15, 0.2) is 0 Å². The summed E-state index contributed by atoms with van der Waals surface area (Å²) in [6.07, 6.45) is 5.17. The van der Waals surface area contributed by atoms with Crippen LogP contribution in [0.15, 0.2) is 0 Å². The molecule has 0 amide bonds. The van der Waals surface area contributed by atoms with E-state index in [1.807, 2.05) is 0 Å². The highest BCUT2D eigenvalue weighted by Gasteiger charge is 2.73. The van der Waals surface area contributed by atoms with Gasteiger partial charge < -0.3 is 5.11 Å². The second-order valence-electron chi connectivity index (χ2n) is 6.90. The summed E-state index contributed by atoms with van der Waals surface area (Å²) in [5, 5.41) is 9.66. The Kier molecular flexibility index (Phi) is 2.42. The third kappa shape index (κ3) is 1.28. The van der Waals surface area contributed by atoms with E-state index in [-0.39, 0.29) is 10.8 Å². The average Bonchev–Trinajstić information content (AvgIpc) is 2.58. The van der Waals surface area contributed by atoms with Crippen LogP contribution in [0.5, 0.6) is 0 Å². The van der Waals surface area contributed by atoms with Gasteiger partial charge in [-0.05, 0) is 29.6 Å². The Balaban J connectivity index is 2.32. The number of hydrogen-bond acceptors (Lipinski definition) is 1. The first kappa shape index (κ1) is 11.9. The molecule has 1 N–H and O–H groups in total. The van der Waals surface area contributed by atoms with Gasteiger partial charge in [0.2, 0.25) is 0 Å². The number of rotatable bonds is 2. The fourth-order valence-corrected chi connectivity index (χ4v) is 4.39. The van der Waals surface area contributed by atoms with Crippen LogP contribution in [0.3, 0.4) is 0 Å². The average molecular weight is 224 g/mol. The Labute approximate surface area is 98.4 Å². The zero-order valence-electron chi connectivity index (χ0n) is 11.0. The molecule has 0 saturated heterocycles. The van der Waals surface area contributed by atoms with Gasteiger partial charge in [-0.1, -0.05) is 47.0 Å². The van der Waals surface area contributed by atoms with Crippen molar-refractivity contribution in [3.63, 3.8) is 0 Å². The van der Waals surface area contributed by atoms with Crippen molar-refractivity contribution < 1.29 is 9.90 Å². The van der Waals surface area contributed by atoms with Crippen molar-refractivity contribution in [3.8, 4) is 0 Å². The van der Waals surface area contributed by atoms with Crippen molar-refractivity contribution >= 4 is 5.97 Å².